The van der Waals surface area contributed by atoms with Crippen LogP contribution < -0.4 is 34.9 Å². The molecular formula is C69H78Cl10IN4O22P. The minimum atomic E-state index is -3.69. The smallest absolute Gasteiger partial charge is 0.262 e. The summed E-state index contributed by atoms with van der Waals surface area (Å²) in [4.78, 5) is 133. The zero-order valence-electron chi connectivity index (χ0n) is 57.7. The van der Waals surface area contributed by atoms with Gasteiger partial charge in [-0.15, -0.1) is 0 Å². The van der Waals surface area contributed by atoms with Crippen molar-refractivity contribution in [2.45, 2.75) is 56.7 Å². The number of benzene rings is 4. The number of ether oxygens (including phenoxy) is 8. The maximum Gasteiger partial charge on any atom is 0.262 e. The van der Waals surface area contributed by atoms with Crippen molar-refractivity contribution in [1.82, 2.24) is 20.9 Å². The van der Waals surface area contributed by atoms with Crippen LogP contribution in [0.15, 0.2) is 126 Å². The first-order chi connectivity index (χ1) is 49.6. The number of rotatable bonds is 15. The molecule has 5 amide bonds. The zero-order valence-corrected chi connectivity index (χ0v) is 68.3. The molecule has 0 spiro atoms. The minimum absolute atomic E-state index is 0. The van der Waals surface area contributed by atoms with E-state index in [1.165, 1.54) is 93.3 Å². The molecule has 4 aromatic rings. The van der Waals surface area contributed by atoms with E-state index < -0.39 is 54.6 Å². The van der Waals surface area contributed by atoms with Crippen molar-refractivity contribution in [3.05, 3.63) is 168 Å². The average Bonchev–Trinajstić information content (AvgIpc) is 0.871. The predicted octanol–water partition coefficient (Wildman–Crippen LogP) is 15.5. The summed E-state index contributed by atoms with van der Waals surface area (Å²) >= 11 is 54.5. The normalized spacial score (nSPS) is 14.0. The topological polar surface area (TPSA) is 358 Å². The molecule has 0 radical (unpaired) electrons. The summed E-state index contributed by atoms with van der Waals surface area (Å²) in [6.07, 6.45) is 17.7. The van der Waals surface area contributed by atoms with E-state index in [9.17, 15) is 57.5 Å². The number of carboxylic acids is 2. The summed E-state index contributed by atoms with van der Waals surface area (Å²) in [6.45, 7) is 5.55. The monoisotopic (exact) mass is 1820 g/mol. The molecule has 8 rings (SSSR count). The van der Waals surface area contributed by atoms with Crippen LogP contribution in [0, 0.1) is 3.57 Å². The van der Waals surface area contributed by atoms with Crippen molar-refractivity contribution in [2.75, 3.05) is 83.1 Å². The van der Waals surface area contributed by atoms with Crippen molar-refractivity contribution in [1.29, 1.82) is 0 Å². The molecule has 0 saturated carbocycles. The van der Waals surface area contributed by atoms with Crippen molar-refractivity contribution in [3.8, 4) is 23.0 Å². The quantitative estimate of drug-likeness (QED) is 0.0140. The molecule has 4 heterocycles. The second-order valence-electron chi connectivity index (χ2n) is 20.1. The summed E-state index contributed by atoms with van der Waals surface area (Å²) in [6, 6.07) is 19.8. The number of nitrogens with one attached hydrogen (secondary N) is 3. The SMILES string of the molecule is C.C=CC(=O)O.COC(=O)c1cc(/C=C/C(=O)Cl)ccc1OC.COC(=O)c1cc(/C=C/C(=O)N2CCC=C(Cl)C2=O)ccc1OC.COC(=O)c1cc(/C=C/C(=O)O)ccc1OC.COC(=O)c1cc(I)ccc1OC.ClP(Cl)(Cl)(Cl)Cl.O=C1CCCCN1.O=C1NCCC=C1Cl.O=C1NCCCC1(Cl)Cl. The Morgan fingerprint density at radius 1 is 0.542 bits per heavy atom. The molecule has 0 atom stereocenters. The number of carbonyl (C=O) groups excluding carboxylic acids is 10. The zero-order chi connectivity index (χ0) is 80.9. The summed E-state index contributed by atoms with van der Waals surface area (Å²) in [5.74, 6) is -3.50. The third kappa shape index (κ3) is 44.0. The molecule has 0 bridgehead atoms. The Bertz CT molecular complexity index is 3790. The number of carboxylic acid groups (broad SMARTS) is 2. The Morgan fingerprint density at radius 2 is 0.935 bits per heavy atom. The molecule has 26 nitrogen and oxygen atoms in total. The number of aliphatic carboxylic acids is 2. The third-order valence-corrected chi connectivity index (χ3v) is 14.8. The molecule has 107 heavy (non-hydrogen) atoms. The number of methoxy groups -OCH3 is 8. The van der Waals surface area contributed by atoms with Crippen LogP contribution in [0.1, 0.15) is 110 Å². The van der Waals surface area contributed by atoms with Crippen molar-refractivity contribution < 1.29 is 106 Å². The Hall–Kier alpha value is -7.38. The van der Waals surface area contributed by atoms with Crippen LogP contribution in [0.2, 0.25) is 0 Å². The van der Waals surface area contributed by atoms with Gasteiger partial charge in [0.25, 0.3) is 23.6 Å². The molecule has 2 fully saturated rings. The molecular weight excluding hydrogens is 1750 g/mol. The third-order valence-electron chi connectivity index (χ3n) is 12.7. The molecule has 5 N–H and O–H groups in total. The standard InChI is InChI=1S/C17H16ClNO5.C12H11ClO4.C12H12O5.C9H9IO3.C5H7Cl2NO.C5H6ClNO.C5H9NO.C3H4O2.CH4.Cl5P/c1-23-14-7-5-11(10-12(14)17(22)24-2)6-8-15(20)19-9-3-4-13(18)16(19)21;2*1-16-10-5-3-8(4-6-11(13)14)7-9(10)12(15)17-2;1-12-8-4-3-6(10)5-7(8)9(11)13-2;6-5(7)2-1-3-8-4(5)9;6-4-2-1-3-7-5(4)8;7-5-3-1-2-4-6-5;1-2-3(4)5;;1-6(2,3,4)5/h4-8,10H,3,9H2,1-2H3;3-7H,1-2H3;3-7H,1-2H3,(H,13,14);3-5H,1-2H3;1-3H2,(H,8,9);2H,1,3H2,(H,7,8);1-4H2,(H,6,7);2H,1H2,(H,4,5);1H4;/b8-6+;2*6-4+;;;;;;;. The number of halogens is 11. The number of piperidine rings is 2. The van der Waals surface area contributed by atoms with Gasteiger partial charge in [-0.25, -0.2) is 28.8 Å². The number of carbonyl (C=O) groups is 12. The van der Waals surface area contributed by atoms with Crippen LogP contribution >= 0.6 is 140 Å². The van der Waals surface area contributed by atoms with E-state index in [0.717, 1.165) is 65.8 Å². The molecule has 588 valence electrons. The molecule has 0 unspecified atom stereocenters. The number of amides is 5. The maximum absolute atomic E-state index is 12.1. The molecule has 4 aromatic carbocycles. The number of allylic oxidation sites excluding steroid dienone is 1. The maximum atomic E-state index is 12.1. The Balaban J connectivity index is 0. The Kier molecular flexibility index (Phi) is 50.8. The summed E-state index contributed by atoms with van der Waals surface area (Å²) < 4.78 is 34.8. The first-order valence-corrected chi connectivity index (χ1v) is 39.8. The largest absolute Gasteiger partial charge is 0.356 e. The van der Waals surface area contributed by atoms with Gasteiger partial charge < -0.3 is 64.1 Å². The van der Waals surface area contributed by atoms with Crippen LogP contribution in [0.5, 0.6) is 23.0 Å². The molecule has 38 heteroatoms. The first kappa shape index (κ1) is 102. The number of hydrogen-bond donors (Lipinski definition) is 5. The van der Waals surface area contributed by atoms with Gasteiger partial charge in [0.15, 0.2) is 4.33 Å². The van der Waals surface area contributed by atoms with Gasteiger partial charge in [0.05, 0.1) is 56.9 Å². The Morgan fingerprint density at radius 3 is 1.24 bits per heavy atom. The van der Waals surface area contributed by atoms with Gasteiger partial charge in [-0.2, -0.15) is 0 Å². The van der Waals surface area contributed by atoms with E-state index in [-0.39, 0.29) is 53.8 Å². The van der Waals surface area contributed by atoms with Crippen molar-refractivity contribution >= 4 is 229 Å². The number of esters is 4. The molecule has 2 saturated heterocycles. The summed E-state index contributed by atoms with van der Waals surface area (Å²) in [7, 11) is 11.0. The van der Waals surface area contributed by atoms with Crippen LogP contribution in [0.3, 0.4) is 0 Å². The molecule has 0 aromatic heterocycles. The fraction of sp³-hybridized carbons (Fsp3) is 0.304. The van der Waals surface area contributed by atoms with E-state index in [2.05, 4.69) is 59.3 Å². The van der Waals surface area contributed by atoms with Gasteiger partial charge in [-0.05, 0) is 162 Å². The van der Waals surface area contributed by atoms with Gasteiger partial charge >= 0.3 is 95.4 Å². The number of alkyl halides is 2. The van der Waals surface area contributed by atoms with E-state index in [1.54, 1.807) is 72.8 Å². The predicted molar refractivity (Wildman–Crippen MR) is 427 cm³/mol. The summed E-state index contributed by atoms with van der Waals surface area (Å²) in [5, 5.41) is 23.8. The summed E-state index contributed by atoms with van der Waals surface area (Å²) in [5.41, 5.74) is 3.07. The van der Waals surface area contributed by atoms with E-state index >= 15 is 0 Å². The minimum Gasteiger partial charge on any atom is -0.356 e. The Labute approximate surface area is 681 Å². The van der Waals surface area contributed by atoms with Gasteiger partial charge in [-0.3, -0.25) is 33.7 Å². The molecule has 4 aliphatic rings. The number of nitrogens with zero attached hydrogens (tertiary/aromatic N) is 1. The van der Waals surface area contributed by atoms with Crippen molar-refractivity contribution in [3.63, 3.8) is 0 Å². The fourth-order valence-electron chi connectivity index (χ4n) is 7.72. The second kappa shape index (κ2) is 53.4. The van der Waals surface area contributed by atoms with Gasteiger partial charge in [0, 0.05) is 54.4 Å². The van der Waals surface area contributed by atoms with Crippen molar-refractivity contribution in [2.24, 2.45) is 0 Å². The van der Waals surface area contributed by atoms with E-state index in [0.29, 0.717) is 75.2 Å². The van der Waals surface area contributed by atoms with E-state index in [1.807, 2.05) is 6.07 Å². The number of hydrogen-bond acceptors (Lipinski definition) is 20. The second-order valence-corrected chi connectivity index (χ2v) is 40.6. The average molecular weight is 1830 g/mol. The van der Waals surface area contributed by atoms with Gasteiger partial charge in [0.1, 0.15) is 55.3 Å². The van der Waals surface area contributed by atoms with Crippen LogP contribution in [0.25, 0.3) is 18.2 Å². The first-order valence-electron chi connectivity index (χ1n) is 30.1. The van der Waals surface area contributed by atoms with Crippen LogP contribution in [0.4, 0.5) is 0 Å². The van der Waals surface area contributed by atoms with E-state index in [4.69, 9.17) is 148 Å². The number of imide groups is 1. The van der Waals surface area contributed by atoms with Crippen LogP contribution in [-0.2, 0) is 57.3 Å². The van der Waals surface area contributed by atoms with Gasteiger partial charge in [-0.1, -0.05) is 96.8 Å². The fourth-order valence-corrected chi connectivity index (χ4v) is 9.07. The molecule has 0 aliphatic carbocycles. The molecule has 4 aliphatic heterocycles. The van der Waals surface area contributed by atoms with Gasteiger partial charge in [0.2, 0.25) is 11.1 Å². The van der Waals surface area contributed by atoms with Crippen LogP contribution in [-0.4, -0.2) is 173 Å².